The molecule has 2 N–H and O–H groups in total. The molecule has 0 spiro atoms. The lowest BCUT2D eigenvalue weighted by atomic mass is 10.2. The number of anilines is 1. The minimum absolute atomic E-state index is 0.0136. The smallest absolute Gasteiger partial charge is 0.241 e. The molecular weight excluding hydrogens is 240 g/mol. The molecule has 106 valence electrons. The highest BCUT2D eigenvalue weighted by molar-refractivity contribution is 5.94. The van der Waals surface area contributed by atoms with E-state index in [0.717, 1.165) is 31.9 Å². The SMILES string of the molecule is CCOCCCNC(C)C(=O)Nc1ccc(C)cc1. The number of hydrogen-bond donors (Lipinski definition) is 2. The second-order valence-electron chi connectivity index (χ2n) is 4.58. The van der Waals surface area contributed by atoms with Crippen LogP contribution in [0.5, 0.6) is 0 Å². The normalized spacial score (nSPS) is 12.2. The van der Waals surface area contributed by atoms with E-state index in [1.165, 1.54) is 5.56 Å². The van der Waals surface area contributed by atoms with Gasteiger partial charge in [0.2, 0.25) is 5.91 Å². The zero-order valence-corrected chi connectivity index (χ0v) is 12.0. The number of benzene rings is 1. The van der Waals surface area contributed by atoms with Crippen LogP contribution in [0.4, 0.5) is 5.69 Å². The summed E-state index contributed by atoms with van der Waals surface area (Å²) in [6, 6.07) is 7.58. The van der Waals surface area contributed by atoms with E-state index in [0.29, 0.717) is 0 Å². The molecule has 0 aromatic heterocycles. The third-order valence-corrected chi connectivity index (χ3v) is 2.83. The molecule has 1 aromatic carbocycles. The van der Waals surface area contributed by atoms with E-state index in [1.54, 1.807) is 0 Å². The minimum atomic E-state index is -0.206. The minimum Gasteiger partial charge on any atom is -0.382 e. The van der Waals surface area contributed by atoms with Gasteiger partial charge in [-0.3, -0.25) is 4.79 Å². The van der Waals surface area contributed by atoms with Crippen molar-refractivity contribution in [2.45, 2.75) is 33.2 Å². The Labute approximate surface area is 115 Å². The first-order valence-corrected chi connectivity index (χ1v) is 6.82. The van der Waals surface area contributed by atoms with Crippen LogP contribution in [0.3, 0.4) is 0 Å². The summed E-state index contributed by atoms with van der Waals surface area (Å²) < 4.78 is 5.24. The largest absolute Gasteiger partial charge is 0.382 e. The van der Waals surface area contributed by atoms with Crippen molar-refractivity contribution in [2.75, 3.05) is 25.1 Å². The van der Waals surface area contributed by atoms with Crippen LogP contribution in [0.15, 0.2) is 24.3 Å². The Hall–Kier alpha value is -1.39. The maximum Gasteiger partial charge on any atom is 0.241 e. The lowest BCUT2D eigenvalue weighted by Gasteiger charge is -2.14. The van der Waals surface area contributed by atoms with Crippen molar-refractivity contribution in [3.05, 3.63) is 29.8 Å². The van der Waals surface area contributed by atoms with Gasteiger partial charge in [0.1, 0.15) is 0 Å². The molecule has 0 saturated heterocycles. The highest BCUT2D eigenvalue weighted by Crippen LogP contribution is 2.08. The van der Waals surface area contributed by atoms with Crippen LogP contribution >= 0.6 is 0 Å². The van der Waals surface area contributed by atoms with Crippen LogP contribution in [0.1, 0.15) is 25.8 Å². The Morgan fingerprint density at radius 1 is 1.32 bits per heavy atom. The predicted molar refractivity (Wildman–Crippen MR) is 78.4 cm³/mol. The van der Waals surface area contributed by atoms with Crippen LogP contribution in [-0.2, 0) is 9.53 Å². The predicted octanol–water partition coefficient (Wildman–Crippen LogP) is 2.34. The number of nitrogens with one attached hydrogen (secondary N) is 2. The molecule has 1 rings (SSSR count). The summed E-state index contributed by atoms with van der Waals surface area (Å²) in [5.41, 5.74) is 2.01. The first-order valence-electron chi connectivity index (χ1n) is 6.82. The van der Waals surface area contributed by atoms with Gasteiger partial charge in [0.25, 0.3) is 0 Å². The molecule has 1 amide bonds. The molecule has 0 aliphatic heterocycles. The van der Waals surface area contributed by atoms with Gasteiger partial charge in [0, 0.05) is 18.9 Å². The third kappa shape index (κ3) is 6.36. The lowest BCUT2D eigenvalue weighted by Crippen LogP contribution is -2.38. The Morgan fingerprint density at radius 2 is 2.00 bits per heavy atom. The number of hydrogen-bond acceptors (Lipinski definition) is 3. The van der Waals surface area contributed by atoms with Gasteiger partial charge in [-0.25, -0.2) is 0 Å². The summed E-state index contributed by atoms with van der Waals surface area (Å²) >= 11 is 0. The van der Waals surface area contributed by atoms with Crippen LogP contribution in [0, 0.1) is 6.92 Å². The summed E-state index contributed by atoms with van der Waals surface area (Å²) in [6.07, 6.45) is 0.913. The van der Waals surface area contributed by atoms with E-state index in [4.69, 9.17) is 4.74 Å². The summed E-state index contributed by atoms with van der Waals surface area (Å²) in [6.45, 7) is 8.12. The fourth-order valence-corrected chi connectivity index (χ4v) is 1.62. The molecule has 4 nitrogen and oxygen atoms in total. The van der Waals surface area contributed by atoms with Gasteiger partial charge in [0.15, 0.2) is 0 Å². The summed E-state index contributed by atoms with van der Waals surface area (Å²) in [5, 5.41) is 6.07. The quantitative estimate of drug-likeness (QED) is 0.709. The Balaban J connectivity index is 2.26. The zero-order chi connectivity index (χ0) is 14.1. The molecule has 0 bridgehead atoms. The van der Waals surface area contributed by atoms with Crippen molar-refractivity contribution in [3.63, 3.8) is 0 Å². The van der Waals surface area contributed by atoms with Crippen molar-refractivity contribution in [1.82, 2.24) is 5.32 Å². The molecule has 0 radical (unpaired) electrons. The Kier molecular flexibility index (Phi) is 7.15. The molecule has 4 heteroatoms. The van der Waals surface area contributed by atoms with Gasteiger partial charge in [-0.1, -0.05) is 17.7 Å². The molecule has 0 saturated carbocycles. The fraction of sp³-hybridized carbons (Fsp3) is 0.533. The molecule has 1 unspecified atom stereocenters. The molecular formula is C15H24N2O2. The average Bonchev–Trinajstić information content (AvgIpc) is 2.41. The number of ether oxygens (including phenoxy) is 1. The molecule has 1 atom stereocenters. The van der Waals surface area contributed by atoms with Crippen molar-refractivity contribution in [1.29, 1.82) is 0 Å². The summed E-state index contributed by atoms with van der Waals surface area (Å²) in [5.74, 6) is -0.0136. The third-order valence-electron chi connectivity index (χ3n) is 2.83. The number of aryl methyl sites for hydroxylation is 1. The van der Waals surface area contributed by atoms with Crippen LogP contribution in [0.2, 0.25) is 0 Å². The van der Waals surface area contributed by atoms with E-state index < -0.39 is 0 Å². The van der Waals surface area contributed by atoms with Gasteiger partial charge in [0.05, 0.1) is 6.04 Å². The molecule has 19 heavy (non-hydrogen) atoms. The van der Waals surface area contributed by atoms with Crippen molar-refractivity contribution in [2.24, 2.45) is 0 Å². The monoisotopic (exact) mass is 264 g/mol. The Morgan fingerprint density at radius 3 is 2.63 bits per heavy atom. The average molecular weight is 264 g/mol. The van der Waals surface area contributed by atoms with Crippen LogP contribution in [0.25, 0.3) is 0 Å². The van der Waals surface area contributed by atoms with Gasteiger partial charge >= 0.3 is 0 Å². The maximum absolute atomic E-state index is 11.9. The highest BCUT2D eigenvalue weighted by Gasteiger charge is 2.11. The van der Waals surface area contributed by atoms with Gasteiger partial charge in [-0.15, -0.1) is 0 Å². The van der Waals surface area contributed by atoms with Crippen molar-refractivity contribution >= 4 is 11.6 Å². The van der Waals surface area contributed by atoms with Crippen molar-refractivity contribution in [3.8, 4) is 0 Å². The number of carbonyl (C=O) groups excluding carboxylic acids is 1. The van der Waals surface area contributed by atoms with Crippen LogP contribution < -0.4 is 10.6 Å². The number of amides is 1. The molecule has 0 aliphatic rings. The first-order chi connectivity index (χ1) is 9.13. The van der Waals surface area contributed by atoms with E-state index in [9.17, 15) is 4.79 Å². The number of rotatable bonds is 8. The van der Waals surface area contributed by atoms with Gasteiger partial charge in [-0.2, -0.15) is 0 Å². The molecule has 0 heterocycles. The van der Waals surface area contributed by atoms with Crippen molar-refractivity contribution < 1.29 is 9.53 Å². The van der Waals surface area contributed by atoms with E-state index in [2.05, 4.69) is 10.6 Å². The Bertz CT molecular complexity index is 376. The molecule has 0 aliphatic carbocycles. The summed E-state index contributed by atoms with van der Waals surface area (Å²) in [4.78, 5) is 11.9. The first kappa shape index (κ1) is 15.7. The molecule has 0 fully saturated rings. The molecule has 1 aromatic rings. The van der Waals surface area contributed by atoms with E-state index in [1.807, 2.05) is 45.0 Å². The maximum atomic E-state index is 11.9. The topological polar surface area (TPSA) is 50.4 Å². The second-order valence-corrected chi connectivity index (χ2v) is 4.58. The number of carbonyl (C=O) groups is 1. The standard InChI is InChI=1S/C15H24N2O2/c1-4-19-11-5-10-16-13(3)15(18)17-14-8-6-12(2)7-9-14/h6-9,13,16H,4-5,10-11H2,1-3H3,(H,17,18). The van der Waals surface area contributed by atoms with E-state index >= 15 is 0 Å². The van der Waals surface area contributed by atoms with Crippen LogP contribution in [-0.4, -0.2) is 31.7 Å². The van der Waals surface area contributed by atoms with Gasteiger partial charge < -0.3 is 15.4 Å². The summed E-state index contributed by atoms with van der Waals surface area (Å²) in [7, 11) is 0. The zero-order valence-electron chi connectivity index (χ0n) is 12.0. The fourth-order valence-electron chi connectivity index (χ4n) is 1.62. The second kappa shape index (κ2) is 8.67. The highest BCUT2D eigenvalue weighted by atomic mass is 16.5. The van der Waals surface area contributed by atoms with E-state index in [-0.39, 0.29) is 11.9 Å². The lowest BCUT2D eigenvalue weighted by molar-refractivity contribution is -0.117. The van der Waals surface area contributed by atoms with Gasteiger partial charge in [-0.05, 0) is 45.9 Å².